The molecular formula is C20H22INO6. The second kappa shape index (κ2) is 8.34. The summed E-state index contributed by atoms with van der Waals surface area (Å²) >= 11 is 2.21. The van der Waals surface area contributed by atoms with Crippen LogP contribution in [0.2, 0.25) is 0 Å². The summed E-state index contributed by atoms with van der Waals surface area (Å²) in [6, 6.07) is 8.48. The Morgan fingerprint density at radius 3 is 2.04 bits per heavy atom. The second-order valence-corrected chi connectivity index (χ2v) is 7.11. The van der Waals surface area contributed by atoms with Crippen molar-refractivity contribution in [2.75, 3.05) is 37.8 Å². The molecule has 0 bridgehead atoms. The van der Waals surface area contributed by atoms with Crippen LogP contribution in [0.4, 0.5) is 5.69 Å². The molecule has 0 unspecified atom stereocenters. The lowest BCUT2D eigenvalue weighted by molar-refractivity contribution is -0.129. The molecule has 0 spiro atoms. The fourth-order valence-corrected chi connectivity index (χ4v) is 4.32. The average molecular weight is 499 g/mol. The Kier molecular flexibility index (Phi) is 6.07. The quantitative estimate of drug-likeness (QED) is 0.357. The number of carbonyl (C=O) groups is 1. The summed E-state index contributed by atoms with van der Waals surface area (Å²) in [5.74, 6) is 1.65. The van der Waals surface area contributed by atoms with Crippen LogP contribution in [0.5, 0.6) is 28.7 Å². The van der Waals surface area contributed by atoms with Gasteiger partial charge in [-0.15, -0.1) is 0 Å². The van der Waals surface area contributed by atoms with Crippen LogP contribution in [0.15, 0.2) is 30.3 Å². The van der Waals surface area contributed by atoms with Crippen molar-refractivity contribution in [2.45, 2.75) is 6.04 Å². The Morgan fingerprint density at radius 2 is 1.57 bits per heavy atom. The number of rotatable bonds is 7. The van der Waals surface area contributed by atoms with Crippen LogP contribution in [0, 0.1) is 5.92 Å². The van der Waals surface area contributed by atoms with Gasteiger partial charge in [0.05, 0.1) is 46.1 Å². The van der Waals surface area contributed by atoms with Gasteiger partial charge in [0.15, 0.2) is 23.0 Å². The fraction of sp³-hybridized carbons (Fsp3) is 0.350. The highest BCUT2D eigenvalue weighted by Gasteiger charge is 2.48. The van der Waals surface area contributed by atoms with E-state index in [1.807, 2.05) is 6.07 Å². The molecule has 1 N–H and O–H groups in total. The minimum Gasteiger partial charge on any atom is -0.504 e. The number of methoxy groups -OCH3 is 4. The minimum atomic E-state index is -0.219. The Labute approximate surface area is 177 Å². The monoisotopic (exact) mass is 499 g/mol. The Hall–Kier alpha value is -2.36. The van der Waals surface area contributed by atoms with Gasteiger partial charge in [0.1, 0.15) is 0 Å². The predicted molar refractivity (Wildman–Crippen MR) is 113 cm³/mol. The van der Waals surface area contributed by atoms with Crippen molar-refractivity contribution >= 4 is 34.2 Å². The molecule has 2 aromatic carbocycles. The number of benzene rings is 2. The van der Waals surface area contributed by atoms with Gasteiger partial charge in [-0.2, -0.15) is 0 Å². The van der Waals surface area contributed by atoms with Gasteiger partial charge < -0.3 is 29.0 Å². The van der Waals surface area contributed by atoms with Crippen molar-refractivity contribution in [1.82, 2.24) is 0 Å². The van der Waals surface area contributed by atoms with E-state index in [0.29, 0.717) is 33.1 Å². The minimum absolute atomic E-state index is 0.00369. The van der Waals surface area contributed by atoms with Crippen molar-refractivity contribution in [1.29, 1.82) is 0 Å². The number of phenols is 1. The van der Waals surface area contributed by atoms with E-state index in [0.717, 1.165) is 5.56 Å². The molecule has 28 heavy (non-hydrogen) atoms. The summed E-state index contributed by atoms with van der Waals surface area (Å²) in [7, 11) is 6.10. The Balaban J connectivity index is 2.07. The van der Waals surface area contributed by atoms with Gasteiger partial charge in [-0.25, -0.2) is 0 Å². The number of hydrogen-bond acceptors (Lipinski definition) is 6. The van der Waals surface area contributed by atoms with Crippen LogP contribution in [-0.4, -0.2) is 43.9 Å². The van der Waals surface area contributed by atoms with Crippen LogP contribution in [0.3, 0.4) is 0 Å². The fourth-order valence-electron chi connectivity index (χ4n) is 3.47. The lowest BCUT2D eigenvalue weighted by Gasteiger charge is -2.47. The van der Waals surface area contributed by atoms with Crippen LogP contribution >= 0.6 is 22.6 Å². The molecule has 0 aliphatic carbocycles. The lowest BCUT2D eigenvalue weighted by Crippen LogP contribution is -2.56. The SMILES string of the molecule is COc1ccc([C@H]2[C@@H](CI)C(=O)N2c2cc(OC)c(OC)c(OC)c2)cc1O. The van der Waals surface area contributed by atoms with Crippen molar-refractivity contribution in [2.24, 2.45) is 5.92 Å². The number of amides is 1. The van der Waals surface area contributed by atoms with E-state index in [1.54, 1.807) is 29.2 Å². The third-order valence-electron chi connectivity index (χ3n) is 4.85. The molecule has 0 radical (unpaired) electrons. The number of carbonyl (C=O) groups excluding carboxylic acids is 1. The predicted octanol–water partition coefficient (Wildman–Crippen LogP) is 3.57. The maximum atomic E-state index is 12.9. The maximum absolute atomic E-state index is 12.9. The smallest absolute Gasteiger partial charge is 0.233 e. The van der Waals surface area contributed by atoms with Crippen molar-refractivity contribution < 1.29 is 28.8 Å². The van der Waals surface area contributed by atoms with E-state index >= 15 is 0 Å². The number of aromatic hydroxyl groups is 1. The van der Waals surface area contributed by atoms with E-state index in [4.69, 9.17) is 18.9 Å². The molecule has 150 valence electrons. The number of halogens is 1. The number of anilines is 1. The molecule has 2 aromatic rings. The molecule has 0 aromatic heterocycles. The van der Waals surface area contributed by atoms with Crippen molar-refractivity contribution in [3.8, 4) is 28.7 Å². The van der Waals surface area contributed by atoms with Gasteiger partial charge >= 0.3 is 0 Å². The molecule has 1 heterocycles. The third kappa shape index (κ3) is 3.30. The van der Waals surface area contributed by atoms with Gasteiger partial charge in [0.25, 0.3) is 0 Å². The van der Waals surface area contributed by atoms with Crippen LogP contribution in [0.1, 0.15) is 11.6 Å². The number of ether oxygens (including phenoxy) is 4. The number of phenolic OH excluding ortho intramolecular Hbond substituents is 1. The van der Waals surface area contributed by atoms with E-state index in [9.17, 15) is 9.90 Å². The number of hydrogen-bond donors (Lipinski definition) is 1. The normalized spacial score (nSPS) is 18.5. The number of nitrogens with zero attached hydrogens (tertiary/aromatic N) is 1. The molecule has 1 aliphatic rings. The van der Waals surface area contributed by atoms with Gasteiger partial charge in [-0.3, -0.25) is 4.79 Å². The largest absolute Gasteiger partial charge is 0.504 e. The van der Waals surface area contributed by atoms with Crippen LogP contribution in [0.25, 0.3) is 0 Å². The highest BCUT2D eigenvalue weighted by atomic mass is 127. The Morgan fingerprint density at radius 1 is 0.964 bits per heavy atom. The molecule has 0 saturated carbocycles. The molecule has 1 fully saturated rings. The maximum Gasteiger partial charge on any atom is 0.233 e. The third-order valence-corrected chi connectivity index (χ3v) is 5.80. The van der Waals surface area contributed by atoms with Gasteiger partial charge in [-0.05, 0) is 17.7 Å². The van der Waals surface area contributed by atoms with Crippen molar-refractivity contribution in [3.63, 3.8) is 0 Å². The molecule has 1 aliphatic heterocycles. The van der Waals surface area contributed by atoms with Crippen LogP contribution < -0.4 is 23.8 Å². The summed E-state index contributed by atoms with van der Waals surface area (Å²) in [6.07, 6.45) is 0. The average Bonchev–Trinajstić information content (AvgIpc) is 2.71. The molecule has 7 nitrogen and oxygen atoms in total. The zero-order valence-corrected chi connectivity index (χ0v) is 18.2. The van der Waals surface area contributed by atoms with E-state index < -0.39 is 0 Å². The van der Waals surface area contributed by atoms with Crippen molar-refractivity contribution in [3.05, 3.63) is 35.9 Å². The molecule has 8 heteroatoms. The molecule has 1 amide bonds. The first kappa shape index (κ1) is 20.4. The number of β-lactam (4-membered cyclic amide) rings is 1. The summed E-state index contributed by atoms with van der Waals surface area (Å²) in [6.45, 7) is 0. The summed E-state index contributed by atoms with van der Waals surface area (Å²) < 4.78 is 22.0. The van der Waals surface area contributed by atoms with E-state index in [-0.39, 0.29) is 23.6 Å². The molecule has 3 rings (SSSR count). The van der Waals surface area contributed by atoms with E-state index in [2.05, 4.69) is 22.6 Å². The highest BCUT2D eigenvalue weighted by molar-refractivity contribution is 14.1. The first-order valence-electron chi connectivity index (χ1n) is 8.56. The summed E-state index contributed by atoms with van der Waals surface area (Å²) in [5, 5.41) is 10.2. The first-order valence-corrected chi connectivity index (χ1v) is 10.1. The topological polar surface area (TPSA) is 77.5 Å². The van der Waals surface area contributed by atoms with Gasteiger partial charge in [0.2, 0.25) is 11.7 Å². The highest BCUT2D eigenvalue weighted by Crippen LogP contribution is 2.49. The first-order chi connectivity index (χ1) is 13.5. The Bertz CT molecular complexity index is 862. The zero-order valence-electron chi connectivity index (χ0n) is 16.1. The zero-order chi connectivity index (χ0) is 20.4. The van der Waals surface area contributed by atoms with Gasteiger partial charge in [-0.1, -0.05) is 28.7 Å². The summed E-state index contributed by atoms with van der Waals surface area (Å²) in [4.78, 5) is 14.5. The molecule has 2 atom stereocenters. The molecule has 1 saturated heterocycles. The van der Waals surface area contributed by atoms with E-state index in [1.165, 1.54) is 28.4 Å². The standard InChI is InChI=1S/C20H22INO6/c1-25-15-6-5-11(7-14(15)23)18-13(10-21)20(24)22(18)12-8-16(26-2)19(28-4)17(9-12)27-3/h5-9,13,18,23H,10H2,1-4H3/t13-,18+/m1/s1. The second-order valence-electron chi connectivity index (χ2n) is 6.23. The van der Waals surface area contributed by atoms with Crippen LogP contribution in [-0.2, 0) is 4.79 Å². The summed E-state index contributed by atoms with van der Waals surface area (Å²) in [5.41, 5.74) is 1.47. The number of alkyl halides is 1. The lowest BCUT2D eigenvalue weighted by atomic mass is 9.83. The molecular weight excluding hydrogens is 477 g/mol. The van der Waals surface area contributed by atoms with Gasteiger partial charge in [0, 0.05) is 16.6 Å².